The van der Waals surface area contributed by atoms with Crippen molar-refractivity contribution in [2.45, 2.75) is 25.3 Å². The highest BCUT2D eigenvalue weighted by Crippen LogP contribution is 2.27. The molecule has 0 amide bonds. The summed E-state index contributed by atoms with van der Waals surface area (Å²) in [6.07, 6.45) is 2.68. The van der Waals surface area contributed by atoms with Crippen LogP contribution in [-0.4, -0.2) is 31.9 Å². The van der Waals surface area contributed by atoms with Gasteiger partial charge >= 0.3 is 10.2 Å². The van der Waals surface area contributed by atoms with Gasteiger partial charge in [0.05, 0.1) is 10.7 Å². The van der Waals surface area contributed by atoms with Crippen LogP contribution in [0.2, 0.25) is 5.02 Å². The molecule has 3 N–H and O–H groups in total. The van der Waals surface area contributed by atoms with Crippen LogP contribution in [-0.2, 0) is 10.2 Å². The molecule has 1 aliphatic rings. The van der Waals surface area contributed by atoms with Crippen LogP contribution in [0.1, 0.15) is 19.3 Å². The third-order valence-electron chi connectivity index (χ3n) is 3.32. The van der Waals surface area contributed by atoms with Gasteiger partial charge in [0.15, 0.2) is 0 Å². The van der Waals surface area contributed by atoms with Crippen molar-refractivity contribution < 1.29 is 8.42 Å². The maximum absolute atomic E-state index is 12.4. The first kappa shape index (κ1) is 16.0. The maximum Gasteiger partial charge on any atom is 0.301 e. The summed E-state index contributed by atoms with van der Waals surface area (Å²) in [5.74, 6) is 0. The Hall–Kier alpha value is -0.340. The number of halogens is 2. The lowest BCUT2D eigenvalue weighted by Crippen LogP contribution is -2.49. The summed E-state index contributed by atoms with van der Waals surface area (Å²) in [6.45, 7) is 0.837. The van der Waals surface area contributed by atoms with E-state index in [1.165, 1.54) is 4.31 Å². The standard InChI is InChI=1S/C12H17BrClN3O2S/c13-11-5-4-9(7-12(11)14)16-20(18,19)17-6-2-1-3-10(17)8-15/h4-5,7,10,16H,1-3,6,8,15H2. The van der Waals surface area contributed by atoms with Crippen LogP contribution in [0.5, 0.6) is 0 Å². The number of hydrogen-bond acceptors (Lipinski definition) is 3. The lowest BCUT2D eigenvalue weighted by Gasteiger charge is -2.33. The van der Waals surface area contributed by atoms with Gasteiger partial charge in [-0.15, -0.1) is 0 Å². The van der Waals surface area contributed by atoms with Crippen LogP contribution >= 0.6 is 27.5 Å². The van der Waals surface area contributed by atoms with Crippen molar-refractivity contribution in [2.75, 3.05) is 17.8 Å². The number of benzene rings is 1. The zero-order valence-corrected chi connectivity index (χ0v) is 14.0. The molecule has 1 aromatic carbocycles. The molecule has 1 aromatic rings. The SMILES string of the molecule is NCC1CCCCN1S(=O)(=O)Nc1ccc(Br)c(Cl)c1. The van der Waals surface area contributed by atoms with E-state index in [2.05, 4.69) is 20.7 Å². The second-order valence-electron chi connectivity index (χ2n) is 4.73. The molecule has 112 valence electrons. The molecule has 1 atom stereocenters. The van der Waals surface area contributed by atoms with E-state index in [0.717, 1.165) is 23.7 Å². The predicted octanol–water partition coefficient (Wildman–Crippen LogP) is 2.57. The van der Waals surface area contributed by atoms with Crippen LogP contribution in [0.15, 0.2) is 22.7 Å². The highest BCUT2D eigenvalue weighted by molar-refractivity contribution is 9.10. The number of anilines is 1. The summed E-state index contributed by atoms with van der Waals surface area (Å²) in [6, 6.07) is 4.81. The van der Waals surface area contributed by atoms with Crippen molar-refractivity contribution in [1.82, 2.24) is 4.31 Å². The van der Waals surface area contributed by atoms with E-state index in [1.807, 2.05) is 0 Å². The fourth-order valence-electron chi connectivity index (χ4n) is 2.29. The molecule has 1 fully saturated rings. The Morgan fingerprint density at radius 1 is 1.45 bits per heavy atom. The Bertz CT molecular complexity index is 582. The highest BCUT2D eigenvalue weighted by Gasteiger charge is 2.31. The first-order valence-electron chi connectivity index (χ1n) is 6.39. The number of nitrogens with two attached hydrogens (primary N) is 1. The Morgan fingerprint density at radius 2 is 2.20 bits per heavy atom. The van der Waals surface area contributed by atoms with Crippen LogP contribution in [0.25, 0.3) is 0 Å². The van der Waals surface area contributed by atoms with Gasteiger partial charge in [0.1, 0.15) is 0 Å². The van der Waals surface area contributed by atoms with Crippen molar-refractivity contribution in [3.8, 4) is 0 Å². The molecule has 1 unspecified atom stereocenters. The molecule has 0 spiro atoms. The lowest BCUT2D eigenvalue weighted by molar-refractivity contribution is 0.259. The second kappa shape index (κ2) is 6.62. The molecule has 1 saturated heterocycles. The molecule has 1 aliphatic heterocycles. The van der Waals surface area contributed by atoms with E-state index in [1.54, 1.807) is 18.2 Å². The van der Waals surface area contributed by atoms with Gasteiger partial charge < -0.3 is 5.73 Å². The number of nitrogens with one attached hydrogen (secondary N) is 1. The summed E-state index contributed by atoms with van der Waals surface area (Å²) in [5, 5.41) is 0.458. The molecular weight excluding hydrogens is 366 g/mol. The Balaban J connectivity index is 2.19. The summed E-state index contributed by atoms with van der Waals surface area (Å²) in [5.41, 5.74) is 6.11. The van der Waals surface area contributed by atoms with Crippen LogP contribution in [0, 0.1) is 0 Å². The molecule has 0 bridgehead atoms. The van der Waals surface area contributed by atoms with Gasteiger partial charge in [-0.2, -0.15) is 12.7 Å². The van der Waals surface area contributed by atoms with Crippen molar-refractivity contribution in [1.29, 1.82) is 0 Å². The zero-order chi connectivity index (χ0) is 14.8. The van der Waals surface area contributed by atoms with Gasteiger partial charge in [-0.05, 0) is 47.0 Å². The van der Waals surface area contributed by atoms with E-state index in [-0.39, 0.29) is 6.04 Å². The van der Waals surface area contributed by atoms with E-state index >= 15 is 0 Å². The average Bonchev–Trinajstić information content (AvgIpc) is 2.42. The van der Waals surface area contributed by atoms with E-state index < -0.39 is 10.2 Å². The Morgan fingerprint density at radius 3 is 2.85 bits per heavy atom. The van der Waals surface area contributed by atoms with Crippen LogP contribution < -0.4 is 10.5 Å². The molecule has 1 heterocycles. The normalized spacial score (nSPS) is 20.9. The number of piperidine rings is 1. The van der Waals surface area contributed by atoms with E-state index in [9.17, 15) is 8.42 Å². The first-order valence-corrected chi connectivity index (χ1v) is 9.00. The fraction of sp³-hybridized carbons (Fsp3) is 0.500. The quantitative estimate of drug-likeness (QED) is 0.840. The third-order valence-corrected chi connectivity index (χ3v) is 6.14. The van der Waals surface area contributed by atoms with Crippen molar-refractivity contribution in [3.05, 3.63) is 27.7 Å². The van der Waals surface area contributed by atoms with Gasteiger partial charge in [-0.1, -0.05) is 18.0 Å². The molecule has 2 rings (SSSR count). The average molecular weight is 383 g/mol. The molecule has 0 saturated carbocycles. The summed E-state index contributed by atoms with van der Waals surface area (Å²) in [4.78, 5) is 0. The number of rotatable bonds is 4. The van der Waals surface area contributed by atoms with Crippen LogP contribution in [0.4, 0.5) is 5.69 Å². The molecular formula is C12H17BrClN3O2S. The van der Waals surface area contributed by atoms with Gasteiger partial charge in [0.2, 0.25) is 0 Å². The number of nitrogens with zero attached hydrogens (tertiary/aromatic N) is 1. The summed E-state index contributed by atoms with van der Waals surface area (Å²) in [7, 11) is -3.60. The van der Waals surface area contributed by atoms with Crippen molar-refractivity contribution in [2.24, 2.45) is 5.73 Å². The largest absolute Gasteiger partial charge is 0.329 e. The topological polar surface area (TPSA) is 75.4 Å². The highest BCUT2D eigenvalue weighted by atomic mass is 79.9. The van der Waals surface area contributed by atoms with Gasteiger partial charge in [0.25, 0.3) is 0 Å². The van der Waals surface area contributed by atoms with Crippen molar-refractivity contribution in [3.63, 3.8) is 0 Å². The minimum absolute atomic E-state index is 0.132. The monoisotopic (exact) mass is 381 g/mol. The fourth-order valence-corrected chi connectivity index (χ4v) is 4.22. The van der Waals surface area contributed by atoms with E-state index in [0.29, 0.717) is 23.8 Å². The van der Waals surface area contributed by atoms with Gasteiger partial charge in [0, 0.05) is 23.6 Å². The smallest absolute Gasteiger partial charge is 0.301 e. The number of hydrogen-bond donors (Lipinski definition) is 2. The Labute approximate surface area is 132 Å². The Kier molecular flexibility index (Phi) is 5.30. The third kappa shape index (κ3) is 3.65. The second-order valence-corrected chi connectivity index (χ2v) is 7.62. The lowest BCUT2D eigenvalue weighted by atomic mass is 10.1. The minimum atomic E-state index is -3.60. The van der Waals surface area contributed by atoms with Crippen LogP contribution in [0.3, 0.4) is 0 Å². The summed E-state index contributed by atoms with van der Waals surface area (Å²) < 4.78 is 29.6. The summed E-state index contributed by atoms with van der Waals surface area (Å²) >= 11 is 9.24. The molecule has 0 radical (unpaired) electrons. The molecule has 5 nitrogen and oxygen atoms in total. The predicted molar refractivity (Wildman–Crippen MR) is 85.1 cm³/mol. The molecule has 8 heteroatoms. The van der Waals surface area contributed by atoms with Crippen molar-refractivity contribution >= 4 is 43.4 Å². The van der Waals surface area contributed by atoms with E-state index in [4.69, 9.17) is 17.3 Å². The van der Waals surface area contributed by atoms with Gasteiger partial charge in [-0.25, -0.2) is 0 Å². The van der Waals surface area contributed by atoms with Gasteiger partial charge in [-0.3, -0.25) is 4.72 Å². The maximum atomic E-state index is 12.4. The molecule has 0 aliphatic carbocycles. The minimum Gasteiger partial charge on any atom is -0.329 e. The molecule has 0 aromatic heterocycles. The zero-order valence-electron chi connectivity index (χ0n) is 10.9. The first-order chi connectivity index (χ1) is 9.44. The molecule has 20 heavy (non-hydrogen) atoms.